The fourth-order valence-corrected chi connectivity index (χ4v) is 2.05. The number of hydrogen-bond donors (Lipinski definition) is 3. The molecule has 0 aliphatic heterocycles. The van der Waals surface area contributed by atoms with E-state index in [-0.39, 0.29) is 17.3 Å². The van der Waals surface area contributed by atoms with Crippen molar-refractivity contribution in [3.8, 4) is 5.82 Å². The SMILES string of the molecule is C[NH+](C)Cc1c(C(=O)N/N=C\c2ccoc2)nnn1-c1nonc1N. The number of quaternary nitrogens is 1. The van der Waals surface area contributed by atoms with E-state index in [0.29, 0.717) is 17.8 Å². The molecule has 25 heavy (non-hydrogen) atoms. The highest BCUT2D eigenvalue weighted by Gasteiger charge is 2.25. The van der Waals surface area contributed by atoms with Crippen LogP contribution in [0.1, 0.15) is 21.7 Å². The van der Waals surface area contributed by atoms with Crippen molar-refractivity contribution in [1.82, 2.24) is 30.7 Å². The van der Waals surface area contributed by atoms with Crippen LogP contribution < -0.4 is 16.1 Å². The van der Waals surface area contributed by atoms with Gasteiger partial charge in [-0.05, 0) is 16.4 Å². The number of rotatable bonds is 6. The number of nitrogens with one attached hydrogen (secondary N) is 2. The summed E-state index contributed by atoms with van der Waals surface area (Å²) >= 11 is 0. The molecule has 0 atom stereocenters. The summed E-state index contributed by atoms with van der Waals surface area (Å²) in [6.07, 6.45) is 4.44. The molecule has 3 rings (SSSR count). The van der Waals surface area contributed by atoms with E-state index in [9.17, 15) is 4.79 Å². The van der Waals surface area contributed by atoms with Gasteiger partial charge < -0.3 is 15.1 Å². The van der Waals surface area contributed by atoms with E-state index in [1.807, 2.05) is 14.1 Å². The summed E-state index contributed by atoms with van der Waals surface area (Å²) in [5.74, 6) is -0.299. The highest BCUT2D eigenvalue weighted by molar-refractivity contribution is 5.94. The van der Waals surface area contributed by atoms with Gasteiger partial charge in [0.2, 0.25) is 11.6 Å². The molecule has 0 aliphatic rings. The Morgan fingerprint density at radius 2 is 2.32 bits per heavy atom. The van der Waals surface area contributed by atoms with E-state index in [2.05, 4.69) is 35.8 Å². The van der Waals surface area contributed by atoms with Crippen LogP contribution in [-0.4, -0.2) is 51.5 Å². The third-order valence-corrected chi connectivity index (χ3v) is 3.12. The Balaban J connectivity index is 1.86. The van der Waals surface area contributed by atoms with Crippen LogP contribution in [0.4, 0.5) is 5.82 Å². The molecule has 0 aliphatic carbocycles. The maximum absolute atomic E-state index is 12.4. The maximum atomic E-state index is 12.4. The number of aromatic nitrogens is 5. The molecule has 130 valence electrons. The van der Waals surface area contributed by atoms with E-state index >= 15 is 0 Å². The predicted molar refractivity (Wildman–Crippen MR) is 83.9 cm³/mol. The first-order chi connectivity index (χ1) is 12.1. The standard InChI is InChI=1S/C13H15N9O3/c1-21(2)6-9-10(13(23)17-15-5-8-3-4-24-7-8)16-20-22(9)12-11(14)18-25-19-12/h3-5,7H,6H2,1-2H3,(H2,14,18)(H,17,23)/p+1/b15-5-. The quantitative estimate of drug-likeness (QED) is 0.350. The lowest BCUT2D eigenvalue weighted by molar-refractivity contribution is -0.873. The van der Waals surface area contributed by atoms with Crippen LogP contribution in [0.25, 0.3) is 5.82 Å². The van der Waals surface area contributed by atoms with Crippen molar-refractivity contribution >= 4 is 17.9 Å². The van der Waals surface area contributed by atoms with Crippen LogP contribution >= 0.6 is 0 Å². The van der Waals surface area contributed by atoms with Gasteiger partial charge in [-0.3, -0.25) is 4.79 Å². The Morgan fingerprint density at radius 1 is 1.48 bits per heavy atom. The summed E-state index contributed by atoms with van der Waals surface area (Å²) in [7, 11) is 3.83. The molecule has 4 N–H and O–H groups in total. The first-order valence-corrected chi connectivity index (χ1v) is 7.24. The summed E-state index contributed by atoms with van der Waals surface area (Å²) in [4.78, 5) is 13.4. The van der Waals surface area contributed by atoms with Gasteiger partial charge in [-0.2, -0.15) is 9.78 Å². The van der Waals surface area contributed by atoms with Crippen molar-refractivity contribution in [1.29, 1.82) is 0 Å². The molecule has 0 aromatic carbocycles. The van der Waals surface area contributed by atoms with Crippen molar-refractivity contribution in [3.63, 3.8) is 0 Å². The zero-order valence-electron chi connectivity index (χ0n) is 13.5. The van der Waals surface area contributed by atoms with Crippen LogP contribution in [0, 0.1) is 0 Å². The van der Waals surface area contributed by atoms with Gasteiger partial charge in [0.05, 0.1) is 32.8 Å². The van der Waals surface area contributed by atoms with Crippen molar-refractivity contribution < 1.29 is 18.7 Å². The van der Waals surface area contributed by atoms with Crippen LogP contribution in [0.2, 0.25) is 0 Å². The number of furan rings is 1. The van der Waals surface area contributed by atoms with Crippen molar-refractivity contribution in [2.24, 2.45) is 5.10 Å². The van der Waals surface area contributed by atoms with Crippen molar-refractivity contribution in [3.05, 3.63) is 35.5 Å². The molecular weight excluding hydrogens is 330 g/mol. The maximum Gasteiger partial charge on any atom is 0.294 e. The molecule has 0 saturated heterocycles. The minimum absolute atomic E-state index is 0.0462. The number of nitrogens with two attached hydrogens (primary N) is 1. The molecule has 0 saturated carbocycles. The molecule has 3 aromatic heterocycles. The Hall–Kier alpha value is -3.54. The van der Waals surface area contributed by atoms with Crippen LogP contribution in [0.5, 0.6) is 0 Å². The number of nitrogens with zero attached hydrogens (tertiary/aromatic N) is 6. The smallest absolute Gasteiger partial charge is 0.294 e. The van der Waals surface area contributed by atoms with Crippen LogP contribution in [0.15, 0.2) is 32.7 Å². The predicted octanol–water partition coefficient (Wildman–Crippen LogP) is -1.77. The average molecular weight is 346 g/mol. The monoisotopic (exact) mass is 346 g/mol. The van der Waals surface area contributed by atoms with E-state index in [1.165, 1.54) is 23.4 Å². The van der Waals surface area contributed by atoms with E-state index in [4.69, 9.17) is 10.2 Å². The second-order valence-electron chi connectivity index (χ2n) is 5.41. The second-order valence-corrected chi connectivity index (χ2v) is 5.41. The molecule has 0 bridgehead atoms. The lowest BCUT2D eigenvalue weighted by atomic mass is 10.3. The molecule has 3 aromatic rings. The molecule has 12 heteroatoms. The zero-order chi connectivity index (χ0) is 17.8. The lowest BCUT2D eigenvalue weighted by Gasteiger charge is -2.08. The van der Waals surface area contributed by atoms with Gasteiger partial charge in [0, 0.05) is 5.56 Å². The molecule has 0 spiro atoms. The van der Waals surface area contributed by atoms with E-state index in [0.717, 1.165) is 4.90 Å². The lowest BCUT2D eigenvalue weighted by Crippen LogP contribution is -3.04. The van der Waals surface area contributed by atoms with Crippen LogP contribution in [0.3, 0.4) is 0 Å². The molecule has 0 radical (unpaired) electrons. The summed E-state index contributed by atoms with van der Waals surface area (Å²) in [5.41, 5.74) is 9.41. The number of carbonyl (C=O) groups excluding carboxylic acids is 1. The summed E-state index contributed by atoms with van der Waals surface area (Å²) in [6, 6.07) is 1.70. The summed E-state index contributed by atoms with van der Waals surface area (Å²) < 4.78 is 10.8. The Morgan fingerprint density at radius 3 is 2.96 bits per heavy atom. The van der Waals surface area contributed by atoms with E-state index in [1.54, 1.807) is 6.07 Å². The summed E-state index contributed by atoms with van der Waals surface area (Å²) in [6.45, 7) is 0.438. The van der Waals surface area contributed by atoms with Crippen molar-refractivity contribution in [2.45, 2.75) is 6.54 Å². The number of amides is 1. The Kier molecular flexibility index (Phi) is 4.52. The number of hydrazone groups is 1. The molecule has 0 fully saturated rings. The first-order valence-electron chi connectivity index (χ1n) is 7.24. The molecular formula is C13H16N9O3+. The Bertz CT molecular complexity index is 879. The van der Waals surface area contributed by atoms with Gasteiger partial charge in [0.15, 0.2) is 5.69 Å². The molecule has 12 nitrogen and oxygen atoms in total. The van der Waals surface area contributed by atoms with Gasteiger partial charge in [0.1, 0.15) is 12.2 Å². The molecule has 0 unspecified atom stereocenters. The highest BCUT2D eigenvalue weighted by atomic mass is 16.6. The fourth-order valence-electron chi connectivity index (χ4n) is 2.05. The second kappa shape index (κ2) is 6.92. The Labute approximate surface area is 141 Å². The molecule has 1 amide bonds. The number of anilines is 1. The van der Waals surface area contributed by atoms with Gasteiger partial charge in [-0.1, -0.05) is 5.21 Å². The minimum atomic E-state index is -0.516. The third kappa shape index (κ3) is 3.53. The van der Waals surface area contributed by atoms with E-state index < -0.39 is 5.91 Å². The normalized spacial score (nSPS) is 11.5. The fraction of sp³-hybridized carbons (Fsp3) is 0.231. The average Bonchev–Trinajstić information content (AvgIpc) is 3.28. The van der Waals surface area contributed by atoms with Gasteiger partial charge in [-0.15, -0.1) is 5.10 Å². The number of nitrogen functional groups attached to an aromatic ring is 1. The minimum Gasteiger partial charge on any atom is -0.472 e. The number of carbonyl (C=O) groups is 1. The number of hydrogen-bond acceptors (Lipinski definition) is 9. The topological polar surface area (TPSA) is 155 Å². The zero-order valence-corrected chi connectivity index (χ0v) is 13.5. The summed E-state index contributed by atoms with van der Waals surface area (Å²) in [5, 5.41) is 18.9. The third-order valence-electron chi connectivity index (χ3n) is 3.12. The largest absolute Gasteiger partial charge is 0.472 e. The highest BCUT2D eigenvalue weighted by Crippen LogP contribution is 2.15. The van der Waals surface area contributed by atoms with Gasteiger partial charge in [-0.25, -0.2) is 10.1 Å². The van der Waals surface area contributed by atoms with Gasteiger partial charge in [0.25, 0.3) is 5.91 Å². The van der Waals surface area contributed by atoms with Crippen LogP contribution in [-0.2, 0) is 6.54 Å². The van der Waals surface area contributed by atoms with Gasteiger partial charge >= 0.3 is 0 Å². The first kappa shape index (κ1) is 16.3. The molecule has 3 heterocycles. The van der Waals surface area contributed by atoms with Crippen molar-refractivity contribution in [2.75, 3.05) is 19.8 Å².